The fourth-order valence-corrected chi connectivity index (χ4v) is 2.06. The average molecular weight is 252 g/mol. The largest absolute Gasteiger partial charge is 0.338 e. The summed E-state index contributed by atoms with van der Waals surface area (Å²) in [6.07, 6.45) is 0. The first-order valence-corrected chi connectivity index (χ1v) is 6.32. The number of rotatable bonds is 4. The number of benzene rings is 1. The van der Waals surface area contributed by atoms with Gasteiger partial charge in [0, 0.05) is 11.4 Å². The fourth-order valence-electron chi connectivity index (χ4n) is 1.17. The first kappa shape index (κ1) is 13.6. The normalized spacial score (nSPS) is 11.6. The summed E-state index contributed by atoms with van der Waals surface area (Å²) in [7, 11) is 0. The summed E-state index contributed by atoms with van der Waals surface area (Å²) >= 11 is 1.42. The van der Waals surface area contributed by atoms with E-state index in [1.165, 1.54) is 11.8 Å². The Labute approximate surface area is 105 Å². The molecular formula is C12H16N2O2S. The fraction of sp³-hybridized carbons (Fsp3) is 0.333. The van der Waals surface area contributed by atoms with Gasteiger partial charge in [-0.15, -0.1) is 11.8 Å². The molecule has 0 saturated carbocycles. The molecule has 0 heterocycles. The lowest BCUT2D eigenvalue weighted by Gasteiger charge is -2.11. The maximum absolute atomic E-state index is 11.6. The minimum atomic E-state index is -0.446. The van der Waals surface area contributed by atoms with Gasteiger partial charge in [-0.2, -0.15) is 0 Å². The van der Waals surface area contributed by atoms with Crippen molar-refractivity contribution in [3.8, 4) is 0 Å². The number of carbonyl (C=O) groups is 2. The Hall–Kier alpha value is -1.49. The van der Waals surface area contributed by atoms with Gasteiger partial charge in [-0.3, -0.25) is 10.1 Å². The third-order valence-electron chi connectivity index (χ3n) is 2.00. The Bertz CT molecular complexity index is 381. The van der Waals surface area contributed by atoms with Crippen LogP contribution in [0.25, 0.3) is 0 Å². The molecule has 0 saturated heterocycles. The molecule has 92 valence electrons. The van der Waals surface area contributed by atoms with Crippen LogP contribution in [0.1, 0.15) is 13.8 Å². The summed E-state index contributed by atoms with van der Waals surface area (Å²) in [5.74, 6) is -0.287. The van der Waals surface area contributed by atoms with Crippen molar-refractivity contribution >= 4 is 23.7 Å². The van der Waals surface area contributed by atoms with Crippen LogP contribution in [0.15, 0.2) is 35.2 Å². The molecule has 0 unspecified atom stereocenters. The number of carbonyl (C=O) groups excluding carboxylic acids is 2. The van der Waals surface area contributed by atoms with Crippen LogP contribution in [0.2, 0.25) is 0 Å². The summed E-state index contributed by atoms with van der Waals surface area (Å²) in [5, 5.41) is 4.50. The molecule has 5 heteroatoms. The highest BCUT2D eigenvalue weighted by atomic mass is 32.2. The van der Waals surface area contributed by atoms with Gasteiger partial charge in [0.25, 0.3) is 0 Å². The Kier molecular flexibility index (Phi) is 5.56. The van der Waals surface area contributed by atoms with Crippen LogP contribution in [-0.2, 0) is 4.79 Å². The van der Waals surface area contributed by atoms with E-state index in [4.69, 9.17) is 0 Å². The molecule has 0 aliphatic heterocycles. The highest BCUT2D eigenvalue weighted by molar-refractivity contribution is 8.00. The molecule has 0 fully saturated rings. The minimum absolute atomic E-state index is 0.287. The predicted octanol–water partition coefficient (Wildman–Crippen LogP) is 2.01. The number of imide groups is 1. The summed E-state index contributed by atoms with van der Waals surface area (Å²) < 4.78 is 0. The molecular weight excluding hydrogens is 236 g/mol. The van der Waals surface area contributed by atoms with Gasteiger partial charge in [-0.25, -0.2) is 4.79 Å². The van der Waals surface area contributed by atoms with Gasteiger partial charge in [0.1, 0.15) is 0 Å². The molecule has 0 aliphatic rings. The van der Waals surface area contributed by atoms with Crippen LogP contribution >= 0.6 is 11.8 Å². The van der Waals surface area contributed by atoms with Crippen molar-refractivity contribution in [1.82, 2.24) is 10.6 Å². The number of urea groups is 1. The number of amides is 3. The standard InChI is InChI=1S/C12H16N2O2S/c1-3-13-12(16)14-11(15)9(2)17-10-7-5-4-6-8-10/h4-9H,3H2,1-2H3,(H2,13,14,15,16)/t9-/m1/s1. The minimum Gasteiger partial charge on any atom is -0.338 e. The zero-order chi connectivity index (χ0) is 12.7. The molecule has 1 rings (SSSR count). The van der Waals surface area contributed by atoms with E-state index in [0.717, 1.165) is 4.90 Å². The van der Waals surface area contributed by atoms with Gasteiger partial charge in [-0.1, -0.05) is 18.2 Å². The Balaban J connectivity index is 2.45. The number of hydrogen-bond acceptors (Lipinski definition) is 3. The molecule has 1 atom stereocenters. The van der Waals surface area contributed by atoms with Gasteiger partial charge in [-0.05, 0) is 26.0 Å². The Morgan fingerprint density at radius 3 is 2.53 bits per heavy atom. The zero-order valence-corrected chi connectivity index (χ0v) is 10.7. The van der Waals surface area contributed by atoms with E-state index in [1.807, 2.05) is 30.3 Å². The highest BCUT2D eigenvalue weighted by Gasteiger charge is 2.16. The van der Waals surface area contributed by atoms with Crippen LogP contribution in [0.4, 0.5) is 4.79 Å². The Morgan fingerprint density at radius 1 is 1.29 bits per heavy atom. The third kappa shape index (κ3) is 4.91. The molecule has 0 spiro atoms. The first-order chi connectivity index (χ1) is 8.13. The maximum atomic E-state index is 11.6. The molecule has 17 heavy (non-hydrogen) atoms. The monoisotopic (exact) mass is 252 g/mol. The molecule has 2 N–H and O–H groups in total. The quantitative estimate of drug-likeness (QED) is 0.806. The van der Waals surface area contributed by atoms with E-state index >= 15 is 0 Å². The topological polar surface area (TPSA) is 58.2 Å². The van der Waals surface area contributed by atoms with Crippen LogP contribution in [0.3, 0.4) is 0 Å². The lowest BCUT2D eigenvalue weighted by molar-refractivity contribution is -0.119. The van der Waals surface area contributed by atoms with Crippen molar-refractivity contribution in [1.29, 1.82) is 0 Å². The van der Waals surface area contributed by atoms with Crippen molar-refractivity contribution in [3.05, 3.63) is 30.3 Å². The number of thioether (sulfide) groups is 1. The highest BCUT2D eigenvalue weighted by Crippen LogP contribution is 2.22. The molecule has 4 nitrogen and oxygen atoms in total. The van der Waals surface area contributed by atoms with Gasteiger partial charge >= 0.3 is 6.03 Å². The molecule has 0 radical (unpaired) electrons. The van der Waals surface area contributed by atoms with E-state index < -0.39 is 6.03 Å². The van der Waals surface area contributed by atoms with Gasteiger partial charge in [0.2, 0.25) is 5.91 Å². The average Bonchev–Trinajstić information content (AvgIpc) is 2.30. The van der Waals surface area contributed by atoms with Crippen molar-refractivity contribution in [2.75, 3.05) is 6.54 Å². The molecule has 0 bridgehead atoms. The lowest BCUT2D eigenvalue weighted by atomic mass is 10.4. The number of nitrogens with one attached hydrogen (secondary N) is 2. The molecule has 0 aromatic heterocycles. The van der Waals surface area contributed by atoms with Crippen LogP contribution in [0.5, 0.6) is 0 Å². The van der Waals surface area contributed by atoms with E-state index in [-0.39, 0.29) is 11.2 Å². The molecule has 1 aromatic rings. The van der Waals surface area contributed by atoms with Gasteiger partial charge in [0.15, 0.2) is 0 Å². The van der Waals surface area contributed by atoms with E-state index in [1.54, 1.807) is 13.8 Å². The van der Waals surface area contributed by atoms with Crippen LogP contribution in [0, 0.1) is 0 Å². The van der Waals surface area contributed by atoms with E-state index in [2.05, 4.69) is 10.6 Å². The second-order valence-electron chi connectivity index (χ2n) is 3.42. The first-order valence-electron chi connectivity index (χ1n) is 5.44. The summed E-state index contributed by atoms with van der Waals surface area (Å²) in [4.78, 5) is 23.8. The van der Waals surface area contributed by atoms with Crippen molar-refractivity contribution in [2.45, 2.75) is 24.0 Å². The molecule has 0 aliphatic carbocycles. The summed E-state index contributed by atoms with van der Waals surface area (Å²) in [5.41, 5.74) is 0. The summed E-state index contributed by atoms with van der Waals surface area (Å²) in [6, 6.07) is 9.16. The second-order valence-corrected chi connectivity index (χ2v) is 4.84. The van der Waals surface area contributed by atoms with Gasteiger partial charge < -0.3 is 5.32 Å². The van der Waals surface area contributed by atoms with Crippen molar-refractivity contribution in [3.63, 3.8) is 0 Å². The van der Waals surface area contributed by atoms with Crippen molar-refractivity contribution in [2.24, 2.45) is 0 Å². The van der Waals surface area contributed by atoms with E-state index in [9.17, 15) is 9.59 Å². The van der Waals surface area contributed by atoms with Crippen LogP contribution in [-0.4, -0.2) is 23.7 Å². The molecule has 1 aromatic carbocycles. The SMILES string of the molecule is CCNC(=O)NC(=O)[C@@H](C)Sc1ccccc1. The maximum Gasteiger partial charge on any atom is 0.321 e. The summed E-state index contributed by atoms with van der Waals surface area (Å²) in [6.45, 7) is 4.07. The molecule has 3 amide bonds. The van der Waals surface area contributed by atoms with Gasteiger partial charge in [0.05, 0.1) is 5.25 Å². The number of hydrogen-bond donors (Lipinski definition) is 2. The van der Waals surface area contributed by atoms with Crippen LogP contribution < -0.4 is 10.6 Å². The third-order valence-corrected chi connectivity index (χ3v) is 3.11. The Morgan fingerprint density at radius 2 is 1.94 bits per heavy atom. The smallest absolute Gasteiger partial charge is 0.321 e. The lowest BCUT2D eigenvalue weighted by Crippen LogP contribution is -2.42. The predicted molar refractivity (Wildman–Crippen MR) is 69.0 cm³/mol. The zero-order valence-electron chi connectivity index (χ0n) is 9.90. The van der Waals surface area contributed by atoms with Crippen molar-refractivity contribution < 1.29 is 9.59 Å². The second kappa shape index (κ2) is 6.96. The van der Waals surface area contributed by atoms with E-state index in [0.29, 0.717) is 6.54 Å².